The topological polar surface area (TPSA) is 48.4 Å². The number of hydrogen-bond donors (Lipinski definition) is 0. The van der Waals surface area contributed by atoms with Crippen LogP contribution in [0.3, 0.4) is 0 Å². The molecule has 3 rings (SSSR count). The molecule has 0 unspecified atom stereocenters. The molecular weight excluding hydrogens is 338 g/mol. The Morgan fingerprint density at radius 1 is 1.11 bits per heavy atom. The molecule has 4 nitrogen and oxygen atoms in total. The average molecular weight is 359 g/mol. The summed E-state index contributed by atoms with van der Waals surface area (Å²) in [6, 6.07) is 17.1. The van der Waals surface area contributed by atoms with Crippen LogP contribution in [0.25, 0.3) is 6.08 Å². The van der Waals surface area contributed by atoms with Crippen LogP contribution in [-0.4, -0.2) is 17.9 Å². The summed E-state index contributed by atoms with van der Waals surface area (Å²) >= 11 is 0. The molecule has 0 saturated carbocycles. The molecule has 0 aliphatic heterocycles. The van der Waals surface area contributed by atoms with Gasteiger partial charge in [-0.25, -0.2) is 0 Å². The Bertz CT molecular complexity index is 932. The molecule has 0 bridgehead atoms. The van der Waals surface area contributed by atoms with Crippen molar-refractivity contribution in [2.24, 2.45) is 0 Å². The highest BCUT2D eigenvalue weighted by molar-refractivity contribution is 6.06. The predicted octanol–water partition coefficient (Wildman–Crippen LogP) is 4.87. The molecule has 0 aliphatic carbocycles. The van der Waals surface area contributed by atoms with E-state index in [1.165, 1.54) is 5.56 Å². The van der Waals surface area contributed by atoms with Crippen molar-refractivity contribution in [1.82, 2.24) is 4.98 Å². The first-order valence-corrected chi connectivity index (χ1v) is 8.64. The molecule has 4 heteroatoms. The molecule has 0 aliphatic rings. The zero-order valence-corrected chi connectivity index (χ0v) is 15.4. The molecule has 1 heterocycles. The van der Waals surface area contributed by atoms with Gasteiger partial charge in [0, 0.05) is 23.5 Å². The van der Waals surface area contributed by atoms with Gasteiger partial charge in [0.25, 0.3) is 0 Å². The van der Waals surface area contributed by atoms with E-state index in [-0.39, 0.29) is 5.78 Å². The van der Waals surface area contributed by atoms with Crippen LogP contribution in [0.2, 0.25) is 0 Å². The third kappa shape index (κ3) is 5.05. The number of nitrogens with zero attached hydrogens (tertiary/aromatic N) is 1. The molecule has 3 aromatic rings. The maximum absolute atomic E-state index is 12.2. The first-order valence-electron chi connectivity index (χ1n) is 8.64. The summed E-state index contributed by atoms with van der Waals surface area (Å²) in [5, 5.41) is 0. The average Bonchev–Trinajstić information content (AvgIpc) is 2.72. The molecule has 1 aromatic heterocycles. The quantitative estimate of drug-likeness (QED) is 0.446. The SMILES string of the molecule is COc1ccc(/C=C/C(=O)c2cccnc2)cc1COc1ccc(C)cc1. The number of ketones is 1. The summed E-state index contributed by atoms with van der Waals surface area (Å²) in [6.07, 6.45) is 6.53. The van der Waals surface area contributed by atoms with Gasteiger partial charge in [-0.05, 0) is 55.0 Å². The Morgan fingerprint density at radius 2 is 1.93 bits per heavy atom. The highest BCUT2D eigenvalue weighted by Gasteiger charge is 2.06. The van der Waals surface area contributed by atoms with Gasteiger partial charge in [-0.2, -0.15) is 0 Å². The minimum Gasteiger partial charge on any atom is -0.496 e. The summed E-state index contributed by atoms with van der Waals surface area (Å²) in [6.45, 7) is 2.42. The van der Waals surface area contributed by atoms with Gasteiger partial charge in [0.05, 0.1) is 7.11 Å². The smallest absolute Gasteiger partial charge is 0.187 e. The van der Waals surface area contributed by atoms with E-state index in [9.17, 15) is 4.79 Å². The fraction of sp³-hybridized carbons (Fsp3) is 0.130. The summed E-state index contributed by atoms with van der Waals surface area (Å²) in [5.41, 5.74) is 3.56. The minimum atomic E-state index is -0.0867. The standard InChI is InChI=1S/C23H21NO3/c1-17-5-9-21(10-6-17)27-16-20-14-18(8-12-23(20)26-2)7-11-22(25)19-4-3-13-24-15-19/h3-15H,16H2,1-2H3/b11-7+. The van der Waals surface area contributed by atoms with Crippen molar-refractivity contribution in [2.45, 2.75) is 13.5 Å². The van der Waals surface area contributed by atoms with E-state index >= 15 is 0 Å². The number of aromatic nitrogens is 1. The Morgan fingerprint density at radius 3 is 2.63 bits per heavy atom. The second kappa shape index (κ2) is 8.81. The Hall–Kier alpha value is -3.40. The Balaban J connectivity index is 1.73. The van der Waals surface area contributed by atoms with Gasteiger partial charge < -0.3 is 9.47 Å². The van der Waals surface area contributed by atoms with Crippen LogP contribution in [0.1, 0.15) is 27.0 Å². The number of ether oxygens (including phenoxy) is 2. The van der Waals surface area contributed by atoms with E-state index in [0.29, 0.717) is 12.2 Å². The number of methoxy groups -OCH3 is 1. The number of allylic oxidation sites excluding steroid dienone is 1. The molecule has 0 amide bonds. The zero-order chi connectivity index (χ0) is 19.1. The zero-order valence-electron chi connectivity index (χ0n) is 15.4. The lowest BCUT2D eigenvalue weighted by atomic mass is 10.1. The van der Waals surface area contributed by atoms with E-state index in [2.05, 4.69) is 4.98 Å². The highest BCUT2D eigenvalue weighted by Crippen LogP contribution is 2.23. The lowest BCUT2D eigenvalue weighted by molar-refractivity contribution is 0.104. The molecule has 2 aromatic carbocycles. The van der Waals surface area contributed by atoms with Crippen LogP contribution in [0.4, 0.5) is 0 Å². The lowest BCUT2D eigenvalue weighted by Gasteiger charge is -2.11. The summed E-state index contributed by atoms with van der Waals surface area (Å²) in [5.74, 6) is 1.46. The van der Waals surface area contributed by atoms with Crippen LogP contribution < -0.4 is 9.47 Å². The number of carbonyl (C=O) groups is 1. The number of rotatable bonds is 7. The molecule has 0 fully saturated rings. The van der Waals surface area contributed by atoms with Crippen LogP contribution in [-0.2, 0) is 6.61 Å². The normalized spacial score (nSPS) is 10.7. The highest BCUT2D eigenvalue weighted by atomic mass is 16.5. The largest absolute Gasteiger partial charge is 0.496 e. The molecule has 0 N–H and O–H groups in total. The van der Waals surface area contributed by atoms with Gasteiger partial charge in [0.1, 0.15) is 18.1 Å². The number of pyridine rings is 1. The maximum Gasteiger partial charge on any atom is 0.187 e. The van der Waals surface area contributed by atoms with Crippen LogP contribution in [0.5, 0.6) is 11.5 Å². The summed E-state index contributed by atoms with van der Waals surface area (Å²) in [4.78, 5) is 16.2. The number of benzene rings is 2. The second-order valence-corrected chi connectivity index (χ2v) is 6.11. The van der Waals surface area contributed by atoms with E-state index in [1.54, 1.807) is 43.8 Å². The van der Waals surface area contributed by atoms with E-state index in [4.69, 9.17) is 9.47 Å². The monoisotopic (exact) mass is 359 g/mol. The van der Waals surface area contributed by atoms with Crippen molar-refractivity contribution in [1.29, 1.82) is 0 Å². The fourth-order valence-corrected chi connectivity index (χ4v) is 2.59. The van der Waals surface area contributed by atoms with E-state index < -0.39 is 0 Å². The van der Waals surface area contributed by atoms with Crippen LogP contribution >= 0.6 is 0 Å². The molecule has 0 spiro atoms. The molecule has 0 saturated heterocycles. The third-order valence-corrected chi connectivity index (χ3v) is 4.09. The lowest BCUT2D eigenvalue weighted by Crippen LogP contribution is -1.99. The van der Waals surface area contributed by atoms with Gasteiger partial charge >= 0.3 is 0 Å². The molecular formula is C23H21NO3. The molecule has 0 atom stereocenters. The predicted molar refractivity (Wildman–Crippen MR) is 106 cm³/mol. The molecule has 136 valence electrons. The van der Waals surface area contributed by atoms with Gasteiger partial charge in [-0.15, -0.1) is 0 Å². The molecule has 0 radical (unpaired) electrons. The van der Waals surface area contributed by atoms with Crippen LogP contribution in [0, 0.1) is 6.92 Å². The van der Waals surface area contributed by atoms with Crippen molar-refractivity contribution >= 4 is 11.9 Å². The van der Waals surface area contributed by atoms with E-state index in [1.807, 2.05) is 49.4 Å². The van der Waals surface area contributed by atoms with Crippen LogP contribution in [0.15, 0.2) is 73.1 Å². The van der Waals surface area contributed by atoms with E-state index in [0.717, 1.165) is 22.6 Å². The van der Waals surface area contributed by atoms with Gasteiger partial charge in [-0.3, -0.25) is 9.78 Å². The van der Waals surface area contributed by atoms with Crippen molar-refractivity contribution in [2.75, 3.05) is 7.11 Å². The number of carbonyl (C=O) groups excluding carboxylic acids is 1. The minimum absolute atomic E-state index is 0.0867. The van der Waals surface area contributed by atoms with Crippen molar-refractivity contribution in [3.63, 3.8) is 0 Å². The summed E-state index contributed by atoms with van der Waals surface area (Å²) in [7, 11) is 1.63. The van der Waals surface area contributed by atoms with Crippen molar-refractivity contribution in [3.8, 4) is 11.5 Å². The number of aryl methyl sites for hydroxylation is 1. The number of hydrogen-bond acceptors (Lipinski definition) is 4. The maximum atomic E-state index is 12.2. The Kier molecular flexibility index (Phi) is 6.00. The van der Waals surface area contributed by atoms with Gasteiger partial charge in [0.2, 0.25) is 0 Å². The van der Waals surface area contributed by atoms with Crippen molar-refractivity contribution < 1.29 is 14.3 Å². The van der Waals surface area contributed by atoms with Gasteiger partial charge in [-0.1, -0.05) is 29.8 Å². The second-order valence-electron chi connectivity index (χ2n) is 6.11. The first kappa shape index (κ1) is 18.4. The first-order chi connectivity index (χ1) is 13.2. The fourth-order valence-electron chi connectivity index (χ4n) is 2.59. The van der Waals surface area contributed by atoms with Gasteiger partial charge in [0.15, 0.2) is 5.78 Å². The Labute approximate surface area is 159 Å². The summed E-state index contributed by atoms with van der Waals surface area (Å²) < 4.78 is 11.3. The van der Waals surface area contributed by atoms with Crippen molar-refractivity contribution in [3.05, 3.63) is 95.3 Å². The third-order valence-electron chi connectivity index (χ3n) is 4.09. The molecule has 27 heavy (non-hydrogen) atoms.